The topological polar surface area (TPSA) is 72.4 Å². The number of carbonyl (C=O) groups is 1. The fourth-order valence-electron chi connectivity index (χ4n) is 4.23. The van der Waals surface area contributed by atoms with Crippen molar-refractivity contribution in [3.8, 4) is 11.4 Å². The van der Waals surface area contributed by atoms with Crippen molar-refractivity contribution in [3.05, 3.63) is 70.8 Å². The van der Waals surface area contributed by atoms with Crippen LogP contribution in [0.3, 0.4) is 0 Å². The van der Waals surface area contributed by atoms with E-state index in [2.05, 4.69) is 16.2 Å². The molecular weight excluding hydrogens is 390 g/mol. The van der Waals surface area contributed by atoms with Gasteiger partial charge >= 0.3 is 0 Å². The van der Waals surface area contributed by atoms with Gasteiger partial charge in [0.1, 0.15) is 5.58 Å². The molecule has 0 N–H and O–H groups in total. The van der Waals surface area contributed by atoms with Gasteiger partial charge in [0.15, 0.2) is 5.76 Å². The predicted octanol–water partition coefficient (Wildman–Crippen LogP) is 5.43. The Kier molecular flexibility index (Phi) is 4.85. The van der Waals surface area contributed by atoms with Crippen molar-refractivity contribution >= 4 is 16.9 Å². The maximum Gasteiger partial charge on any atom is 0.289 e. The summed E-state index contributed by atoms with van der Waals surface area (Å²) < 4.78 is 11.5. The summed E-state index contributed by atoms with van der Waals surface area (Å²) in [5, 5.41) is 5.16. The Labute approximate surface area is 180 Å². The van der Waals surface area contributed by atoms with Crippen LogP contribution in [0.5, 0.6) is 0 Å². The molecule has 0 radical (unpaired) electrons. The Balaban J connectivity index is 1.28. The Morgan fingerprint density at radius 1 is 1.00 bits per heavy atom. The van der Waals surface area contributed by atoms with Crippen LogP contribution in [0.15, 0.2) is 51.4 Å². The van der Waals surface area contributed by atoms with Crippen LogP contribution in [-0.2, 0) is 0 Å². The number of carbonyl (C=O) groups excluding carboxylic acids is 1. The molecule has 6 heteroatoms. The highest BCUT2D eigenvalue weighted by Crippen LogP contribution is 2.31. The van der Waals surface area contributed by atoms with Crippen LogP contribution < -0.4 is 0 Å². The summed E-state index contributed by atoms with van der Waals surface area (Å²) in [5.41, 5.74) is 4.96. The Morgan fingerprint density at radius 3 is 2.45 bits per heavy atom. The summed E-state index contributed by atoms with van der Waals surface area (Å²) in [6, 6.07) is 14.1. The van der Waals surface area contributed by atoms with E-state index in [-0.39, 0.29) is 11.8 Å². The highest BCUT2D eigenvalue weighted by Gasteiger charge is 2.30. The highest BCUT2D eigenvalue weighted by atomic mass is 16.5. The van der Waals surface area contributed by atoms with Crippen molar-refractivity contribution in [3.63, 3.8) is 0 Å². The normalized spacial score (nSPS) is 15.0. The van der Waals surface area contributed by atoms with Gasteiger partial charge in [-0.1, -0.05) is 46.6 Å². The van der Waals surface area contributed by atoms with Gasteiger partial charge in [0.25, 0.3) is 5.91 Å². The molecule has 0 atom stereocenters. The van der Waals surface area contributed by atoms with E-state index >= 15 is 0 Å². The average molecular weight is 415 g/mol. The van der Waals surface area contributed by atoms with Crippen LogP contribution >= 0.6 is 0 Å². The van der Waals surface area contributed by atoms with Crippen LogP contribution in [0.4, 0.5) is 0 Å². The van der Waals surface area contributed by atoms with Crippen LogP contribution in [0.1, 0.15) is 51.9 Å². The third-order valence-electron chi connectivity index (χ3n) is 6.17. The zero-order valence-electron chi connectivity index (χ0n) is 18.0. The minimum atomic E-state index is -0.0457. The molecule has 31 heavy (non-hydrogen) atoms. The molecule has 1 saturated heterocycles. The van der Waals surface area contributed by atoms with E-state index in [9.17, 15) is 4.79 Å². The average Bonchev–Trinajstić information content (AvgIpc) is 3.40. The quantitative estimate of drug-likeness (QED) is 0.446. The smallest absolute Gasteiger partial charge is 0.289 e. The number of aromatic nitrogens is 2. The van der Waals surface area contributed by atoms with Crippen molar-refractivity contribution < 1.29 is 13.7 Å². The number of hydrogen-bond acceptors (Lipinski definition) is 5. The van der Waals surface area contributed by atoms with Gasteiger partial charge in [-0.25, -0.2) is 0 Å². The molecule has 0 spiro atoms. The molecule has 2 aromatic carbocycles. The molecule has 6 nitrogen and oxygen atoms in total. The van der Waals surface area contributed by atoms with E-state index in [4.69, 9.17) is 8.94 Å². The van der Waals surface area contributed by atoms with Crippen molar-refractivity contribution in [2.24, 2.45) is 0 Å². The standard InChI is InChI=1S/C25H25N3O3/c1-15-4-7-18(8-5-15)23-26-24(31-27-23)19-10-12-28(13-11-19)25(29)22-17(3)20-14-16(2)6-9-21(20)30-22/h4-9,14,19H,10-13H2,1-3H3. The zero-order chi connectivity index (χ0) is 21.5. The lowest BCUT2D eigenvalue weighted by Crippen LogP contribution is -2.38. The minimum absolute atomic E-state index is 0.0457. The Bertz CT molecular complexity index is 1250. The number of hydrogen-bond donors (Lipinski definition) is 0. The minimum Gasteiger partial charge on any atom is -0.451 e. The molecule has 5 rings (SSSR count). The van der Waals surface area contributed by atoms with Gasteiger partial charge in [-0.2, -0.15) is 4.98 Å². The lowest BCUT2D eigenvalue weighted by Gasteiger charge is -2.29. The van der Waals surface area contributed by atoms with Crippen LogP contribution in [0.25, 0.3) is 22.4 Å². The summed E-state index contributed by atoms with van der Waals surface area (Å²) in [7, 11) is 0. The number of amides is 1. The van der Waals surface area contributed by atoms with E-state index < -0.39 is 0 Å². The summed E-state index contributed by atoms with van der Waals surface area (Å²) >= 11 is 0. The number of benzene rings is 2. The number of furan rings is 1. The summed E-state index contributed by atoms with van der Waals surface area (Å²) in [6.45, 7) is 7.33. The molecule has 3 heterocycles. The number of fused-ring (bicyclic) bond motifs is 1. The van der Waals surface area contributed by atoms with Crippen LogP contribution in [0, 0.1) is 20.8 Å². The second-order valence-corrected chi connectivity index (χ2v) is 8.44. The number of likely N-dealkylation sites (tertiary alicyclic amines) is 1. The third kappa shape index (κ3) is 3.63. The number of nitrogens with zero attached hydrogens (tertiary/aromatic N) is 3. The first-order valence-corrected chi connectivity index (χ1v) is 10.7. The van der Waals surface area contributed by atoms with Crippen molar-refractivity contribution in [2.45, 2.75) is 39.5 Å². The summed E-state index contributed by atoms with van der Waals surface area (Å²) in [6.07, 6.45) is 1.58. The van der Waals surface area contributed by atoms with Gasteiger partial charge in [0.2, 0.25) is 11.7 Å². The molecule has 1 aliphatic heterocycles. The molecular formula is C25H25N3O3. The van der Waals surface area contributed by atoms with E-state index in [0.29, 0.717) is 30.6 Å². The molecule has 0 aliphatic carbocycles. The van der Waals surface area contributed by atoms with Crippen molar-refractivity contribution in [1.82, 2.24) is 15.0 Å². The molecule has 0 bridgehead atoms. The van der Waals surface area contributed by atoms with E-state index in [1.54, 1.807) is 0 Å². The molecule has 0 unspecified atom stereocenters. The molecule has 1 fully saturated rings. The lowest BCUT2D eigenvalue weighted by molar-refractivity contribution is 0.0674. The van der Waals surface area contributed by atoms with Gasteiger partial charge in [-0.3, -0.25) is 4.79 Å². The largest absolute Gasteiger partial charge is 0.451 e. The molecule has 1 amide bonds. The SMILES string of the molecule is Cc1ccc(-c2noc(C3CCN(C(=O)c4oc5ccc(C)cc5c4C)CC3)n2)cc1. The lowest BCUT2D eigenvalue weighted by atomic mass is 9.96. The van der Waals surface area contributed by atoms with E-state index in [1.807, 2.05) is 62.1 Å². The molecule has 2 aromatic heterocycles. The second-order valence-electron chi connectivity index (χ2n) is 8.44. The number of aryl methyl sites for hydroxylation is 3. The number of rotatable bonds is 3. The molecule has 4 aromatic rings. The van der Waals surface area contributed by atoms with E-state index in [1.165, 1.54) is 5.56 Å². The maximum atomic E-state index is 13.1. The van der Waals surface area contributed by atoms with Gasteiger partial charge in [0, 0.05) is 35.5 Å². The van der Waals surface area contributed by atoms with Gasteiger partial charge in [-0.05, 0) is 45.7 Å². The predicted molar refractivity (Wildman–Crippen MR) is 118 cm³/mol. The third-order valence-corrected chi connectivity index (χ3v) is 6.17. The van der Waals surface area contributed by atoms with Crippen molar-refractivity contribution in [2.75, 3.05) is 13.1 Å². The van der Waals surface area contributed by atoms with Crippen molar-refractivity contribution in [1.29, 1.82) is 0 Å². The maximum absolute atomic E-state index is 13.1. The first kappa shape index (κ1) is 19.5. The monoisotopic (exact) mass is 415 g/mol. The molecule has 0 saturated carbocycles. The second kappa shape index (κ2) is 7.69. The summed E-state index contributed by atoms with van der Waals surface area (Å²) in [5.74, 6) is 1.82. The molecule has 158 valence electrons. The van der Waals surface area contributed by atoms with Gasteiger partial charge in [-0.15, -0.1) is 0 Å². The fraction of sp³-hybridized carbons (Fsp3) is 0.320. The van der Waals surface area contributed by atoms with E-state index in [0.717, 1.165) is 40.5 Å². The zero-order valence-corrected chi connectivity index (χ0v) is 18.0. The van der Waals surface area contributed by atoms with Gasteiger partial charge in [0.05, 0.1) is 0 Å². The first-order valence-electron chi connectivity index (χ1n) is 10.7. The fourth-order valence-corrected chi connectivity index (χ4v) is 4.23. The van der Waals surface area contributed by atoms with Crippen LogP contribution in [-0.4, -0.2) is 34.0 Å². The van der Waals surface area contributed by atoms with Crippen LogP contribution in [0.2, 0.25) is 0 Å². The van der Waals surface area contributed by atoms with Gasteiger partial charge < -0.3 is 13.8 Å². The number of piperidine rings is 1. The Hall–Kier alpha value is -3.41. The first-order chi connectivity index (χ1) is 15.0. The Morgan fingerprint density at radius 2 is 1.71 bits per heavy atom. The highest BCUT2D eigenvalue weighted by molar-refractivity contribution is 5.99. The molecule has 1 aliphatic rings. The summed E-state index contributed by atoms with van der Waals surface area (Å²) in [4.78, 5) is 19.6.